The van der Waals surface area contributed by atoms with Gasteiger partial charge in [0.1, 0.15) is 27.9 Å². The second kappa shape index (κ2) is 12.9. The number of hydrogen-bond donors (Lipinski definition) is 2. The highest BCUT2D eigenvalue weighted by molar-refractivity contribution is 7.94. The molecule has 3 rings (SSSR count). The SMILES string of the molecule is Cc1cc(OCCCON=C(N)N)cc(OS(=O)(=O)c2ccccc2S(=O)(=O)N(CCC#N)c2ccco2)c1. The standard InChI is InChI=1S/C24H27N5O8S2/c1-18-15-19(34-13-6-14-36-28-24(26)27)17-20(16-18)37-39(32,33)22-8-3-2-7-21(22)38(30,31)29(11-5-10-25)23-9-4-12-35-23/h2-4,7-9,12,15-17H,5-6,11,13-14H2,1H3,(H4,26,27,28). The molecule has 0 fully saturated rings. The van der Waals surface area contributed by atoms with Gasteiger partial charge in [0.15, 0.2) is 0 Å². The Hall–Kier alpha value is -4.42. The van der Waals surface area contributed by atoms with Crippen LogP contribution in [0, 0.1) is 18.3 Å². The smallest absolute Gasteiger partial charge is 0.340 e. The number of nitrogens with two attached hydrogens (primary N) is 2. The summed E-state index contributed by atoms with van der Waals surface area (Å²) in [5.41, 5.74) is 11.0. The minimum Gasteiger partial charge on any atom is -0.493 e. The molecular formula is C24H27N5O8S2. The normalized spacial score (nSPS) is 11.3. The molecule has 0 saturated heterocycles. The average Bonchev–Trinajstić information content (AvgIpc) is 3.40. The van der Waals surface area contributed by atoms with E-state index in [1.807, 2.05) is 6.07 Å². The molecule has 0 aliphatic carbocycles. The predicted octanol–water partition coefficient (Wildman–Crippen LogP) is 2.44. The highest BCUT2D eigenvalue weighted by Gasteiger charge is 2.33. The number of furan rings is 1. The molecule has 0 atom stereocenters. The molecule has 0 aliphatic heterocycles. The van der Waals surface area contributed by atoms with Gasteiger partial charge < -0.3 is 29.6 Å². The van der Waals surface area contributed by atoms with Gasteiger partial charge in [-0.25, -0.2) is 12.7 Å². The van der Waals surface area contributed by atoms with E-state index in [9.17, 15) is 16.8 Å². The van der Waals surface area contributed by atoms with Gasteiger partial charge in [-0.2, -0.15) is 13.7 Å². The van der Waals surface area contributed by atoms with Gasteiger partial charge in [0.2, 0.25) is 11.8 Å². The summed E-state index contributed by atoms with van der Waals surface area (Å²) in [4.78, 5) is 3.75. The molecule has 0 bridgehead atoms. The van der Waals surface area contributed by atoms with Gasteiger partial charge in [0, 0.05) is 18.6 Å². The van der Waals surface area contributed by atoms with Gasteiger partial charge in [-0.15, -0.1) is 0 Å². The average molecular weight is 578 g/mol. The fraction of sp³-hybridized carbons (Fsp3) is 0.250. The summed E-state index contributed by atoms with van der Waals surface area (Å²) in [6.07, 6.45) is 1.55. The quantitative estimate of drug-likeness (QED) is 0.0937. The first kappa shape index (κ1) is 29.1. The van der Waals surface area contributed by atoms with E-state index >= 15 is 0 Å². The molecule has 0 radical (unpaired) electrons. The van der Waals surface area contributed by atoms with Crippen LogP contribution in [0.15, 0.2) is 80.2 Å². The Morgan fingerprint density at radius 1 is 1.03 bits per heavy atom. The zero-order chi connectivity index (χ0) is 28.5. The van der Waals surface area contributed by atoms with Crippen molar-refractivity contribution in [3.05, 3.63) is 66.4 Å². The van der Waals surface area contributed by atoms with Crippen LogP contribution in [0.1, 0.15) is 18.4 Å². The van der Waals surface area contributed by atoms with E-state index in [4.69, 9.17) is 34.9 Å². The van der Waals surface area contributed by atoms with Crippen LogP contribution in [0.3, 0.4) is 0 Å². The number of rotatable bonds is 14. The van der Waals surface area contributed by atoms with Crippen molar-refractivity contribution < 1.29 is 35.0 Å². The number of hydrogen-bond acceptors (Lipinski definition) is 10. The van der Waals surface area contributed by atoms with Gasteiger partial charge in [-0.1, -0.05) is 12.1 Å². The predicted molar refractivity (Wildman–Crippen MR) is 141 cm³/mol. The number of benzene rings is 2. The maximum Gasteiger partial charge on any atom is 0.340 e. The van der Waals surface area contributed by atoms with Gasteiger partial charge in [0.25, 0.3) is 10.0 Å². The summed E-state index contributed by atoms with van der Waals surface area (Å²) in [6, 6.07) is 14.3. The van der Waals surface area contributed by atoms with Crippen LogP contribution in [0.2, 0.25) is 0 Å². The highest BCUT2D eigenvalue weighted by atomic mass is 32.2. The fourth-order valence-corrected chi connectivity index (χ4v) is 6.46. The minimum absolute atomic E-state index is 0.0671. The molecule has 1 heterocycles. The molecule has 0 saturated carbocycles. The summed E-state index contributed by atoms with van der Waals surface area (Å²) < 4.78 is 70.9. The third-order valence-corrected chi connectivity index (χ3v) is 8.20. The molecular weight excluding hydrogens is 550 g/mol. The Bertz CT molecular complexity index is 1550. The van der Waals surface area contributed by atoms with Crippen molar-refractivity contribution in [3.8, 4) is 17.6 Å². The lowest BCUT2D eigenvalue weighted by molar-refractivity contribution is 0.127. The third kappa shape index (κ3) is 7.79. The lowest BCUT2D eigenvalue weighted by Crippen LogP contribution is -2.33. The van der Waals surface area contributed by atoms with E-state index < -0.39 is 29.9 Å². The summed E-state index contributed by atoms with van der Waals surface area (Å²) in [5.74, 6) is -0.0323. The number of aryl methyl sites for hydroxylation is 1. The van der Waals surface area contributed by atoms with Crippen LogP contribution in [0.25, 0.3) is 0 Å². The number of sulfonamides is 1. The number of ether oxygens (including phenoxy) is 1. The number of anilines is 1. The second-order valence-corrected chi connectivity index (χ2v) is 11.3. The van der Waals surface area contributed by atoms with Crippen LogP contribution in [-0.4, -0.2) is 42.6 Å². The Labute approximate surface area is 226 Å². The lowest BCUT2D eigenvalue weighted by atomic mass is 10.2. The number of guanidine groups is 1. The van der Waals surface area contributed by atoms with Gasteiger partial charge in [-0.05, 0) is 48.0 Å². The summed E-state index contributed by atoms with van der Waals surface area (Å²) in [7, 11) is -9.12. The van der Waals surface area contributed by atoms with E-state index in [2.05, 4.69) is 5.16 Å². The molecule has 13 nitrogen and oxygen atoms in total. The lowest BCUT2D eigenvalue weighted by Gasteiger charge is -2.22. The number of nitrogens with zero attached hydrogens (tertiary/aromatic N) is 3. The highest BCUT2D eigenvalue weighted by Crippen LogP contribution is 2.31. The van der Waals surface area contributed by atoms with Crippen molar-refractivity contribution in [1.29, 1.82) is 5.26 Å². The van der Waals surface area contributed by atoms with Crippen LogP contribution in [-0.2, 0) is 25.0 Å². The van der Waals surface area contributed by atoms with Crippen LogP contribution in [0.4, 0.5) is 5.88 Å². The van der Waals surface area contributed by atoms with Crippen LogP contribution in [0.5, 0.6) is 11.5 Å². The van der Waals surface area contributed by atoms with E-state index in [1.165, 1.54) is 42.7 Å². The topological polar surface area (TPSA) is 201 Å². The zero-order valence-electron chi connectivity index (χ0n) is 20.9. The van der Waals surface area contributed by atoms with E-state index in [-0.39, 0.29) is 43.8 Å². The summed E-state index contributed by atoms with van der Waals surface area (Å²) in [6.45, 7) is 1.86. The number of nitriles is 1. The van der Waals surface area contributed by atoms with E-state index in [0.29, 0.717) is 17.7 Å². The first-order valence-electron chi connectivity index (χ1n) is 11.5. The van der Waals surface area contributed by atoms with E-state index in [0.717, 1.165) is 16.4 Å². The molecule has 2 aromatic carbocycles. The Morgan fingerprint density at radius 3 is 2.41 bits per heavy atom. The van der Waals surface area contributed by atoms with Crippen molar-refractivity contribution in [2.45, 2.75) is 29.6 Å². The molecule has 3 aromatic rings. The molecule has 0 amide bonds. The zero-order valence-corrected chi connectivity index (χ0v) is 22.5. The van der Waals surface area contributed by atoms with Crippen LogP contribution >= 0.6 is 0 Å². The van der Waals surface area contributed by atoms with Crippen molar-refractivity contribution in [2.24, 2.45) is 16.6 Å². The monoisotopic (exact) mass is 577 g/mol. The van der Waals surface area contributed by atoms with E-state index in [1.54, 1.807) is 13.0 Å². The fourth-order valence-electron chi connectivity index (χ4n) is 3.35. The van der Waals surface area contributed by atoms with Gasteiger partial charge in [-0.3, -0.25) is 0 Å². The first-order chi connectivity index (χ1) is 18.5. The molecule has 208 valence electrons. The van der Waals surface area contributed by atoms with Crippen molar-refractivity contribution >= 4 is 32.0 Å². The molecule has 0 spiro atoms. The molecule has 4 N–H and O–H groups in total. The Kier molecular flexibility index (Phi) is 9.63. The summed E-state index contributed by atoms with van der Waals surface area (Å²) >= 11 is 0. The Balaban J connectivity index is 1.85. The van der Waals surface area contributed by atoms with Gasteiger partial charge in [0.05, 0.1) is 31.9 Å². The maximum absolute atomic E-state index is 13.6. The minimum atomic E-state index is -4.64. The maximum atomic E-state index is 13.6. The Morgan fingerprint density at radius 2 is 1.74 bits per heavy atom. The molecule has 15 heteroatoms. The van der Waals surface area contributed by atoms with Crippen LogP contribution < -0.4 is 24.7 Å². The molecule has 0 aliphatic rings. The van der Waals surface area contributed by atoms with Crippen molar-refractivity contribution in [3.63, 3.8) is 0 Å². The molecule has 39 heavy (non-hydrogen) atoms. The first-order valence-corrected chi connectivity index (χ1v) is 14.3. The largest absolute Gasteiger partial charge is 0.493 e. The number of oxime groups is 1. The third-order valence-electron chi connectivity index (χ3n) is 4.91. The molecule has 0 unspecified atom stereocenters. The van der Waals surface area contributed by atoms with Gasteiger partial charge >= 0.3 is 10.1 Å². The van der Waals surface area contributed by atoms with Crippen molar-refractivity contribution in [2.75, 3.05) is 24.1 Å². The molecule has 1 aromatic heterocycles. The second-order valence-electron chi connectivity index (χ2n) is 7.95. The van der Waals surface area contributed by atoms with Crippen molar-refractivity contribution in [1.82, 2.24) is 0 Å². The summed E-state index contributed by atoms with van der Waals surface area (Å²) in [5, 5.41) is 12.4.